The van der Waals surface area contributed by atoms with E-state index in [1.54, 1.807) is 38.1 Å². The fourth-order valence-corrected chi connectivity index (χ4v) is 4.02. The van der Waals surface area contributed by atoms with Crippen LogP contribution in [0.15, 0.2) is 57.2 Å². The molecule has 2 N–H and O–H groups in total. The second-order valence-corrected chi connectivity index (χ2v) is 7.56. The summed E-state index contributed by atoms with van der Waals surface area (Å²) in [5, 5.41) is 13.3. The van der Waals surface area contributed by atoms with Crippen LogP contribution in [-0.2, 0) is 19.1 Å². The van der Waals surface area contributed by atoms with Crippen molar-refractivity contribution in [1.29, 1.82) is 0 Å². The van der Waals surface area contributed by atoms with Crippen molar-refractivity contribution in [3.05, 3.63) is 74.6 Å². The molecule has 9 heteroatoms. The monoisotopic (exact) mass is 469 g/mol. The largest absolute Gasteiger partial charge is 0.506 e. The molecule has 0 radical (unpaired) electrons. The summed E-state index contributed by atoms with van der Waals surface area (Å²) in [5.41, 5.74) is 0.00876. The van der Waals surface area contributed by atoms with Gasteiger partial charge >= 0.3 is 17.6 Å². The van der Waals surface area contributed by atoms with E-state index in [1.807, 2.05) is 0 Å². The number of aromatic hydroxyl groups is 1. The van der Waals surface area contributed by atoms with Crippen LogP contribution >= 0.6 is 11.6 Å². The third-order valence-corrected chi connectivity index (χ3v) is 5.49. The molecule has 1 aliphatic heterocycles. The first-order chi connectivity index (χ1) is 15.9. The molecule has 33 heavy (non-hydrogen) atoms. The topological polar surface area (TPSA) is 115 Å². The van der Waals surface area contributed by atoms with E-state index < -0.39 is 23.6 Å². The molecular formula is C24H20ClNO7. The molecule has 2 aromatic carbocycles. The van der Waals surface area contributed by atoms with E-state index in [4.69, 9.17) is 25.5 Å². The van der Waals surface area contributed by atoms with Gasteiger partial charge in [0.05, 0.1) is 35.4 Å². The Morgan fingerprint density at radius 2 is 1.79 bits per heavy atom. The molecule has 1 atom stereocenters. The summed E-state index contributed by atoms with van der Waals surface area (Å²) in [4.78, 5) is 39.3. The summed E-state index contributed by atoms with van der Waals surface area (Å²) in [6, 6.07) is 9.99. The number of rotatable bonds is 5. The summed E-state index contributed by atoms with van der Waals surface area (Å²) in [7, 11) is 0. The molecule has 3 aromatic rings. The number of carbonyl (C=O) groups excluding carboxylic acids is 2. The van der Waals surface area contributed by atoms with Gasteiger partial charge in [0, 0.05) is 10.9 Å². The van der Waals surface area contributed by atoms with E-state index in [9.17, 15) is 19.5 Å². The Bertz CT molecular complexity index is 1360. The predicted octanol–water partition coefficient (Wildman–Crippen LogP) is 4.20. The average molecular weight is 470 g/mol. The van der Waals surface area contributed by atoms with Crippen molar-refractivity contribution in [3.8, 4) is 5.75 Å². The molecule has 4 rings (SSSR count). The number of para-hydroxylation sites is 1. The molecule has 0 saturated carbocycles. The van der Waals surface area contributed by atoms with E-state index in [2.05, 4.69) is 5.32 Å². The average Bonchev–Trinajstić information content (AvgIpc) is 2.80. The minimum Gasteiger partial charge on any atom is -0.506 e. The van der Waals surface area contributed by atoms with Gasteiger partial charge < -0.3 is 24.3 Å². The lowest BCUT2D eigenvalue weighted by atomic mass is 9.85. The number of anilines is 1. The van der Waals surface area contributed by atoms with E-state index >= 15 is 0 Å². The molecule has 8 nitrogen and oxygen atoms in total. The van der Waals surface area contributed by atoms with Gasteiger partial charge in [-0.05, 0) is 37.6 Å². The molecule has 170 valence electrons. The number of hydrogen-bond acceptors (Lipinski definition) is 8. The number of esters is 2. The lowest BCUT2D eigenvalue weighted by Crippen LogP contribution is -2.31. The molecule has 0 amide bonds. The minimum absolute atomic E-state index is 0.000927. The maximum atomic E-state index is 13.2. The molecule has 0 bridgehead atoms. The number of hydrogen-bond donors (Lipinski definition) is 2. The Morgan fingerprint density at radius 1 is 1.09 bits per heavy atom. The van der Waals surface area contributed by atoms with Crippen molar-refractivity contribution in [1.82, 2.24) is 0 Å². The first kappa shape index (κ1) is 22.4. The predicted molar refractivity (Wildman–Crippen MR) is 122 cm³/mol. The summed E-state index contributed by atoms with van der Waals surface area (Å²) < 4.78 is 16.0. The number of ether oxygens (including phenoxy) is 2. The molecule has 0 saturated heterocycles. The first-order valence-corrected chi connectivity index (χ1v) is 10.6. The number of phenols is 1. The highest BCUT2D eigenvalue weighted by molar-refractivity contribution is 6.32. The van der Waals surface area contributed by atoms with Crippen LogP contribution in [0.4, 0.5) is 5.69 Å². The minimum atomic E-state index is -1.00. The fraction of sp³-hybridized carbons (Fsp3) is 0.208. The molecule has 2 heterocycles. The molecule has 0 aliphatic carbocycles. The third-order valence-electron chi connectivity index (χ3n) is 5.19. The van der Waals surface area contributed by atoms with Gasteiger partial charge in [-0.15, -0.1) is 0 Å². The van der Waals surface area contributed by atoms with Gasteiger partial charge in [-0.25, -0.2) is 14.4 Å². The standard InChI is InChI=1S/C24H20ClNO7/c1-3-31-22(28)18-17-13-7-5-6-8-16(13)33-24(30)21(17)26-20(19(18)23(29)32-4-2)12-9-10-15(27)14(25)11-12/h5-11,20,26-27H,3-4H2,1-2H3/t20-/m1/s1. The zero-order chi connectivity index (χ0) is 23.7. The molecule has 0 unspecified atom stereocenters. The van der Waals surface area contributed by atoms with Crippen LogP contribution in [0.5, 0.6) is 5.75 Å². The lowest BCUT2D eigenvalue weighted by Gasteiger charge is -2.30. The highest BCUT2D eigenvalue weighted by atomic mass is 35.5. The first-order valence-electron chi connectivity index (χ1n) is 10.3. The number of halogens is 1. The number of fused-ring (bicyclic) bond motifs is 3. The van der Waals surface area contributed by atoms with Crippen LogP contribution in [0.3, 0.4) is 0 Å². The van der Waals surface area contributed by atoms with Crippen molar-refractivity contribution in [2.24, 2.45) is 0 Å². The SMILES string of the molecule is CCOC(=O)C1=C(C(=O)OCC)[C@@H](c2ccc(O)c(Cl)c2)Nc2c1c1ccccc1oc2=O. The van der Waals surface area contributed by atoms with Gasteiger partial charge in [0.25, 0.3) is 0 Å². The number of benzene rings is 2. The number of carbonyl (C=O) groups is 2. The van der Waals surface area contributed by atoms with Crippen LogP contribution in [0, 0.1) is 0 Å². The van der Waals surface area contributed by atoms with Crippen LogP contribution in [-0.4, -0.2) is 30.3 Å². The normalized spacial score (nSPS) is 15.1. The van der Waals surface area contributed by atoms with Gasteiger partial charge in [-0.1, -0.05) is 35.9 Å². The van der Waals surface area contributed by atoms with E-state index in [0.717, 1.165) is 0 Å². The fourth-order valence-electron chi connectivity index (χ4n) is 3.83. The van der Waals surface area contributed by atoms with Crippen molar-refractivity contribution in [2.75, 3.05) is 18.5 Å². The lowest BCUT2D eigenvalue weighted by molar-refractivity contribution is -0.140. The van der Waals surface area contributed by atoms with Crippen molar-refractivity contribution >= 4 is 45.8 Å². The second kappa shape index (κ2) is 8.99. The van der Waals surface area contributed by atoms with E-state index in [1.165, 1.54) is 18.2 Å². The maximum Gasteiger partial charge on any atom is 0.360 e. The Labute approximate surface area is 193 Å². The number of nitrogens with one attached hydrogen (secondary N) is 1. The summed E-state index contributed by atoms with van der Waals surface area (Å²) >= 11 is 6.10. The van der Waals surface area contributed by atoms with Crippen molar-refractivity contribution < 1.29 is 28.6 Å². The van der Waals surface area contributed by atoms with Gasteiger partial charge in [0.15, 0.2) is 0 Å². The van der Waals surface area contributed by atoms with Gasteiger partial charge in [0.1, 0.15) is 17.0 Å². The quantitative estimate of drug-likeness (QED) is 0.422. The zero-order valence-electron chi connectivity index (χ0n) is 17.8. The summed E-state index contributed by atoms with van der Waals surface area (Å²) in [5.74, 6) is -1.70. The summed E-state index contributed by atoms with van der Waals surface area (Å²) in [6.07, 6.45) is 0. The van der Waals surface area contributed by atoms with Crippen LogP contribution < -0.4 is 10.9 Å². The Morgan fingerprint density at radius 3 is 2.48 bits per heavy atom. The van der Waals surface area contributed by atoms with Crippen molar-refractivity contribution in [3.63, 3.8) is 0 Å². The van der Waals surface area contributed by atoms with Crippen LogP contribution in [0.2, 0.25) is 5.02 Å². The highest BCUT2D eigenvalue weighted by Crippen LogP contribution is 2.44. The van der Waals surface area contributed by atoms with Crippen molar-refractivity contribution in [2.45, 2.75) is 19.9 Å². The van der Waals surface area contributed by atoms with Crippen LogP contribution in [0.25, 0.3) is 16.5 Å². The second-order valence-electron chi connectivity index (χ2n) is 7.15. The molecule has 1 aliphatic rings. The molecule has 0 spiro atoms. The van der Waals surface area contributed by atoms with E-state index in [0.29, 0.717) is 10.9 Å². The van der Waals surface area contributed by atoms with Gasteiger partial charge in [-0.2, -0.15) is 0 Å². The van der Waals surface area contributed by atoms with Crippen LogP contribution in [0.1, 0.15) is 31.0 Å². The Balaban J connectivity index is 2.11. The third kappa shape index (κ3) is 3.93. The molecular weight excluding hydrogens is 450 g/mol. The van der Waals surface area contributed by atoms with Gasteiger partial charge in [0.2, 0.25) is 0 Å². The molecule has 1 aromatic heterocycles. The Kier molecular flexibility index (Phi) is 6.11. The number of phenolic OH excluding ortho intramolecular Hbond substituents is 1. The smallest absolute Gasteiger partial charge is 0.360 e. The highest BCUT2D eigenvalue weighted by Gasteiger charge is 2.39. The van der Waals surface area contributed by atoms with E-state index in [-0.39, 0.29) is 52.0 Å². The zero-order valence-corrected chi connectivity index (χ0v) is 18.6. The molecule has 0 fully saturated rings. The summed E-state index contributed by atoms with van der Waals surface area (Å²) in [6.45, 7) is 3.39. The maximum absolute atomic E-state index is 13.2. The van der Waals surface area contributed by atoms with Gasteiger partial charge in [-0.3, -0.25) is 0 Å². The Hall–Kier alpha value is -3.78.